The molecule has 2 aliphatic carbocycles. The predicted octanol–water partition coefficient (Wildman–Crippen LogP) is 3.10. The van der Waals surface area contributed by atoms with Crippen LogP contribution in [0, 0.1) is 11.8 Å². The van der Waals surface area contributed by atoms with E-state index in [-0.39, 0.29) is 6.10 Å². The third-order valence-corrected chi connectivity index (χ3v) is 4.73. The van der Waals surface area contributed by atoms with Crippen molar-refractivity contribution >= 4 is 0 Å². The van der Waals surface area contributed by atoms with Gasteiger partial charge in [-0.25, -0.2) is 0 Å². The van der Waals surface area contributed by atoms with E-state index in [2.05, 4.69) is 12.2 Å². The Bertz CT molecular complexity index is 219. The molecule has 2 nitrogen and oxygen atoms in total. The number of rotatable bonds is 4. The lowest BCUT2D eigenvalue weighted by atomic mass is 9.81. The van der Waals surface area contributed by atoms with Crippen molar-refractivity contribution in [3.8, 4) is 0 Å². The van der Waals surface area contributed by atoms with E-state index in [1.54, 1.807) is 0 Å². The average Bonchev–Trinajstić information content (AvgIpc) is 2.32. The van der Waals surface area contributed by atoms with Crippen molar-refractivity contribution in [1.29, 1.82) is 0 Å². The van der Waals surface area contributed by atoms with E-state index in [9.17, 15) is 5.11 Å². The molecule has 100 valence electrons. The van der Waals surface area contributed by atoms with E-state index in [4.69, 9.17) is 0 Å². The van der Waals surface area contributed by atoms with Crippen LogP contribution in [0.2, 0.25) is 0 Å². The number of aliphatic hydroxyl groups excluding tert-OH is 1. The largest absolute Gasteiger partial charge is 0.392 e. The highest BCUT2D eigenvalue weighted by Crippen LogP contribution is 2.30. The second kappa shape index (κ2) is 6.75. The molecule has 0 spiro atoms. The van der Waals surface area contributed by atoms with Gasteiger partial charge < -0.3 is 10.4 Å². The summed E-state index contributed by atoms with van der Waals surface area (Å²) in [6.07, 6.45) is 11.6. The van der Waals surface area contributed by atoms with Crippen molar-refractivity contribution in [2.45, 2.75) is 76.9 Å². The molecule has 0 saturated heterocycles. The fourth-order valence-electron chi connectivity index (χ4n) is 3.64. The molecule has 0 heterocycles. The monoisotopic (exact) mass is 239 g/mol. The Labute approximate surface area is 106 Å². The summed E-state index contributed by atoms with van der Waals surface area (Å²) in [5, 5.41) is 13.5. The number of hydrogen-bond donors (Lipinski definition) is 2. The third kappa shape index (κ3) is 4.26. The minimum atomic E-state index is -0.0889. The molecule has 4 atom stereocenters. The molecular weight excluding hydrogens is 210 g/mol. The first-order valence-corrected chi connectivity index (χ1v) is 7.67. The molecule has 2 saturated carbocycles. The quantitative estimate of drug-likeness (QED) is 0.790. The molecule has 2 fully saturated rings. The summed E-state index contributed by atoms with van der Waals surface area (Å²) in [6, 6.07) is 0.379. The maximum absolute atomic E-state index is 9.89. The van der Waals surface area contributed by atoms with Gasteiger partial charge in [-0.15, -0.1) is 0 Å². The minimum Gasteiger partial charge on any atom is -0.392 e. The second-order valence-electron chi connectivity index (χ2n) is 6.34. The molecule has 2 N–H and O–H groups in total. The van der Waals surface area contributed by atoms with Crippen molar-refractivity contribution in [2.75, 3.05) is 6.54 Å². The molecule has 0 radical (unpaired) electrons. The Kier molecular flexibility index (Phi) is 5.30. The summed E-state index contributed by atoms with van der Waals surface area (Å²) in [6.45, 7) is 3.50. The van der Waals surface area contributed by atoms with Crippen LogP contribution < -0.4 is 5.32 Å². The van der Waals surface area contributed by atoms with Gasteiger partial charge in [0, 0.05) is 6.04 Å². The highest BCUT2D eigenvalue weighted by atomic mass is 16.3. The standard InChI is InChI=1S/C15H29NO/c1-12-5-4-6-13(11-12)9-10-16-14-7-2-3-8-15(14)17/h12-17H,2-11H2,1H3. The maximum atomic E-state index is 9.89. The minimum absolute atomic E-state index is 0.0889. The average molecular weight is 239 g/mol. The summed E-state index contributed by atoms with van der Waals surface area (Å²) in [7, 11) is 0. The molecule has 0 amide bonds. The maximum Gasteiger partial charge on any atom is 0.0693 e. The van der Waals surface area contributed by atoms with E-state index >= 15 is 0 Å². The molecule has 0 aromatic heterocycles. The summed E-state index contributed by atoms with van der Waals surface area (Å²) in [5.41, 5.74) is 0. The summed E-state index contributed by atoms with van der Waals surface area (Å²) >= 11 is 0. The van der Waals surface area contributed by atoms with Gasteiger partial charge in [-0.3, -0.25) is 0 Å². The van der Waals surface area contributed by atoms with E-state index < -0.39 is 0 Å². The van der Waals surface area contributed by atoms with Gasteiger partial charge in [0.15, 0.2) is 0 Å². The zero-order chi connectivity index (χ0) is 12.1. The van der Waals surface area contributed by atoms with E-state index in [0.717, 1.165) is 24.8 Å². The van der Waals surface area contributed by atoms with Crippen molar-refractivity contribution in [3.63, 3.8) is 0 Å². The van der Waals surface area contributed by atoms with Crippen LogP contribution in [0.5, 0.6) is 0 Å². The van der Waals surface area contributed by atoms with Crippen molar-refractivity contribution in [3.05, 3.63) is 0 Å². The fourth-order valence-corrected chi connectivity index (χ4v) is 3.64. The molecule has 0 aliphatic heterocycles. The van der Waals surface area contributed by atoms with Crippen molar-refractivity contribution in [2.24, 2.45) is 11.8 Å². The van der Waals surface area contributed by atoms with Crippen LogP contribution in [0.3, 0.4) is 0 Å². The zero-order valence-electron chi connectivity index (χ0n) is 11.3. The van der Waals surface area contributed by atoms with E-state index in [1.807, 2.05) is 0 Å². The molecule has 2 heteroatoms. The zero-order valence-corrected chi connectivity index (χ0v) is 11.3. The smallest absolute Gasteiger partial charge is 0.0693 e. The number of nitrogens with one attached hydrogen (secondary N) is 1. The second-order valence-corrected chi connectivity index (χ2v) is 6.34. The normalized spacial score (nSPS) is 39.2. The highest BCUT2D eigenvalue weighted by molar-refractivity contribution is 4.81. The number of aliphatic hydroxyl groups is 1. The topological polar surface area (TPSA) is 32.3 Å². The highest BCUT2D eigenvalue weighted by Gasteiger charge is 2.23. The van der Waals surface area contributed by atoms with E-state index in [1.165, 1.54) is 51.4 Å². The lowest BCUT2D eigenvalue weighted by Crippen LogP contribution is -2.42. The van der Waals surface area contributed by atoms with Crippen LogP contribution in [0.1, 0.15) is 64.7 Å². The van der Waals surface area contributed by atoms with Crippen molar-refractivity contribution < 1.29 is 5.11 Å². The predicted molar refractivity (Wildman–Crippen MR) is 72.0 cm³/mol. The van der Waals surface area contributed by atoms with Gasteiger partial charge in [0.05, 0.1) is 6.10 Å². The molecule has 17 heavy (non-hydrogen) atoms. The summed E-state index contributed by atoms with van der Waals surface area (Å²) in [5.74, 6) is 1.88. The Morgan fingerprint density at radius 2 is 1.88 bits per heavy atom. The van der Waals surface area contributed by atoms with Crippen LogP contribution in [0.25, 0.3) is 0 Å². The van der Waals surface area contributed by atoms with Gasteiger partial charge >= 0.3 is 0 Å². The van der Waals surface area contributed by atoms with Crippen LogP contribution in [-0.4, -0.2) is 23.8 Å². The third-order valence-electron chi connectivity index (χ3n) is 4.73. The first-order valence-electron chi connectivity index (χ1n) is 7.67. The Balaban J connectivity index is 1.61. The fraction of sp³-hybridized carbons (Fsp3) is 1.00. The first kappa shape index (κ1) is 13.4. The lowest BCUT2D eigenvalue weighted by molar-refractivity contribution is 0.0896. The summed E-state index contributed by atoms with van der Waals surface area (Å²) in [4.78, 5) is 0. The van der Waals surface area contributed by atoms with Gasteiger partial charge in [-0.2, -0.15) is 0 Å². The van der Waals surface area contributed by atoms with Crippen LogP contribution in [0.4, 0.5) is 0 Å². The molecule has 2 rings (SSSR count). The van der Waals surface area contributed by atoms with Crippen LogP contribution >= 0.6 is 0 Å². The van der Waals surface area contributed by atoms with Crippen LogP contribution in [0.15, 0.2) is 0 Å². The van der Waals surface area contributed by atoms with Gasteiger partial charge in [0.25, 0.3) is 0 Å². The molecule has 0 bridgehead atoms. The Hall–Kier alpha value is -0.0800. The molecule has 2 aliphatic rings. The summed E-state index contributed by atoms with van der Waals surface area (Å²) < 4.78 is 0. The lowest BCUT2D eigenvalue weighted by Gasteiger charge is -2.30. The molecule has 0 aromatic carbocycles. The Morgan fingerprint density at radius 1 is 1.06 bits per heavy atom. The molecular formula is C15H29NO. The van der Waals surface area contributed by atoms with Crippen molar-refractivity contribution in [1.82, 2.24) is 5.32 Å². The SMILES string of the molecule is CC1CCCC(CCNC2CCCCC2O)C1. The van der Waals surface area contributed by atoms with E-state index in [0.29, 0.717) is 6.04 Å². The van der Waals surface area contributed by atoms with Gasteiger partial charge in [-0.05, 0) is 44.1 Å². The van der Waals surface area contributed by atoms with Crippen LogP contribution in [-0.2, 0) is 0 Å². The molecule has 4 unspecified atom stereocenters. The van der Waals surface area contributed by atoms with Gasteiger partial charge in [0.1, 0.15) is 0 Å². The number of hydrogen-bond acceptors (Lipinski definition) is 2. The van der Waals surface area contributed by atoms with Gasteiger partial charge in [0.2, 0.25) is 0 Å². The first-order chi connectivity index (χ1) is 8.25. The Morgan fingerprint density at radius 3 is 2.65 bits per heavy atom. The molecule has 0 aromatic rings. The van der Waals surface area contributed by atoms with Gasteiger partial charge in [-0.1, -0.05) is 39.0 Å².